The van der Waals surface area contributed by atoms with Gasteiger partial charge in [0, 0.05) is 22.2 Å². The highest BCUT2D eigenvalue weighted by Gasteiger charge is 2.31. The first kappa shape index (κ1) is 23.3. The van der Waals surface area contributed by atoms with Crippen LogP contribution in [-0.2, 0) is 6.18 Å². The number of nitrogens with zero attached hydrogens (tertiary/aromatic N) is 2. The fraction of sp³-hybridized carbons (Fsp3) is 0.227. The van der Waals surface area contributed by atoms with Gasteiger partial charge in [0.15, 0.2) is 5.82 Å². The maximum absolute atomic E-state index is 13.0. The highest BCUT2D eigenvalue weighted by Crippen LogP contribution is 2.29. The first-order valence-corrected chi connectivity index (χ1v) is 9.95. The van der Waals surface area contributed by atoms with Crippen molar-refractivity contribution in [3.63, 3.8) is 0 Å². The number of aromatic nitrogens is 2. The van der Waals surface area contributed by atoms with E-state index in [0.717, 1.165) is 17.7 Å². The molecule has 0 aliphatic carbocycles. The van der Waals surface area contributed by atoms with Crippen molar-refractivity contribution < 1.29 is 18.0 Å². The van der Waals surface area contributed by atoms with Crippen molar-refractivity contribution in [3.8, 4) is 11.3 Å². The van der Waals surface area contributed by atoms with E-state index >= 15 is 0 Å². The van der Waals surface area contributed by atoms with E-state index in [1.807, 2.05) is 26.8 Å². The zero-order valence-corrected chi connectivity index (χ0v) is 18.3. The molecule has 3 aromatic rings. The zero-order valence-electron chi connectivity index (χ0n) is 17.5. The standard InChI is InChI=1S/C22H21ClF3N5O/c1-21(2,3)29-20(28-19(32)14-7-4-8-15(10-14)22(24,25)26)27-18-12-17(30-31-18)13-6-5-9-16(23)11-13/h4-12H,1-3H3,(H3,27,28,29,30,31,32). The molecule has 3 N–H and O–H groups in total. The third-order valence-corrected chi connectivity index (χ3v) is 4.33. The third kappa shape index (κ3) is 6.34. The molecule has 0 bridgehead atoms. The van der Waals surface area contributed by atoms with Crippen molar-refractivity contribution in [1.82, 2.24) is 15.5 Å². The van der Waals surface area contributed by atoms with Crippen molar-refractivity contribution in [1.29, 1.82) is 0 Å². The molecule has 0 saturated heterocycles. The van der Waals surface area contributed by atoms with Crippen molar-refractivity contribution in [2.45, 2.75) is 32.5 Å². The SMILES string of the molecule is CC(C)(C)N=C(NC(=O)c1cccc(C(F)(F)F)c1)Nc1cc(-c2cccc(Cl)c2)[nH]n1. The normalized spacial score (nSPS) is 12.5. The van der Waals surface area contributed by atoms with Crippen LogP contribution in [0.15, 0.2) is 59.6 Å². The van der Waals surface area contributed by atoms with Gasteiger partial charge in [0.05, 0.1) is 16.8 Å². The van der Waals surface area contributed by atoms with E-state index in [1.165, 1.54) is 12.1 Å². The van der Waals surface area contributed by atoms with Crippen LogP contribution >= 0.6 is 11.6 Å². The summed E-state index contributed by atoms with van der Waals surface area (Å²) in [6, 6.07) is 13.0. The molecular weight excluding hydrogens is 443 g/mol. The second-order valence-corrected chi connectivity index (χ2v) is 8.40. The number of carbonyl (C=O) groups is 1. The van der Waals surface area contributed by atoms with Gasteiger partial charge in [-0.25, -0.2) is 4.99 Å². The Morgan fingerprint density at radius 1 is 1.06 bits per heavy atom. The molecule has 6 nitrogen and oxygen atoms in total. The molecule has 0 saturated carbocycles. The number of hydrogen-bond donors (Lipinski definition) is 3. The van der Waals surface area contributed by atoms with Crippen LogP contribution in [0, 0.1) is 0 Å². The van der Waals surface area contributed by atoms with E-state index in [9.17, 15) is 18.0 Å². The van der Waals surface area contributed by atoms with Crippen LogP contribution in [0.5, 0.6) is 0 Å². The number of amides is 1. The molecule has 0 aliphatic heterocycles. The van der Waals surface area contributed by atoms with Gasteiger partial charge in [-0.3, -0.25) is 15.2 Å². The predicted molar refractivity (Wildman–Crippen MR) is 119 cm³/mol. The summed E-state index contributed by atoms with van der Waals surface area (Å²) in [4.78, 5) is 17.0. The van der Waals surface area contributed by atoms with Gasteiger partial charge in [-0.1, -0.05) is 29.8 Å². The summed E-state index contributed by atoms with van der Waals surface area (Å²) in [6.07, 6.45) is -4.55. The predicted octanol–water partition coefficient (Wildman–Crippen LogP) is 5.75. The number of hydrogen-bond acceptors (Lipinski definition) is 3. The van der Waals surface area contributed by atoms with Gasteiger partial charge in [0.25, 0.3) is 5.91 Å². The van der Waals surface area contributed by atoms with Gasteiger partial charge in [-0.2, -0.15) is 18.3 Å². The summed E-state index contributed by atoms with van der Waals surface area (Å²) in [6.45, 7) is 5.44. The average Bonchev–Trinajstić information content (AvgIpc) is 3.14. The summed E-state index contributed by atoms with van der Waals surface area (Å²) in [5.74, 6) is -0.339. The lowest BCUT2D eigenvalue weighted by Crippen LogP contribution is -2.38. The molecule has 0 aliphatic rings. The largest absolute Gasteiger partial charge is 0.416 e. The van der Waals surface area contributed by atoms with E-state index < -0.39 is 23.2 Å². The summed E-state index contributed by atoms with van der Waals surface area (Å²) in [7, 11) is 0. The molecule has 2 aromatic carbocycles. The number of nitrogens with one attached hydrogen (secondary N) is 3. The number of rotatable bonds is 3. The molecular formula is C22H21ClF3N5O. The van der Waals surface area contributed by atoms with Crippen LogP contribution in [0.25, 0.3) is 11.3 Å². The molecule has 0 fully saturated rings. The number of alkyl halides is 3. The second-order valence-electron chi connectivity index (χ2n) is 7.97. The van der Waals surface area contributed by atoms with E-state index in [0.29, 0.717) is 16.5 Å². The minimum Gasteiger partial charge on any atom is -0.309 e. The highest BCUT2D eigenvalue weighted by molar-refractivity contribution is 6.30. The van der Waals surface area contributed by atoms with E-state index in [2.05, 4.69) is 25.8 Å². The lowest BCUT2D eigenvalue weighted by molar-refractivity contribution is -0.137. The lowest BCUT2D eigenvalue weighted by Gasteiger charge is -2.17. The molecule has 32 heavy (non-hydrogen) atoms. The number of aromatic amines is 1. The van der Waals surface area contributed by atoms with E-state index in [1.54, 1.807) is 24.3 Å². The lowest BCUT2D eigenvalue weighted by atomic mass is 10.1. The molecule has 0 radical (unpaired) electrons. The molecule has 10 heteroatoms. The third-order valence-electron chi connectivity index (χ3n) is 4.09. The van der Waals surface area contributed by atoms with Crippen LogP contribution in [-0.4, -0.2) is 27.6 Å². The first-order chi connectivity index (χ1) is 14.9. The van der Waals surface area contributed by atoms with Crippen molar-refractivity contribution in [3.05, 3.63) is 70.7 Å². The monoisotopic (exact) mass is 463 g/mol. The Bertz CT molecular complexity index is 1150. The van der Waals surface area contributed by atoms with E-state index in [4.69, 9.17) is 11.6 Å². The molecule has 0 spiro atoms. The number of aliphatic imine (C=N–C) groups is 1. The van der Waals surface area contributed by atoms with Crippen molar-refractivity contribution >= 4 is 29.3 Å². The van der Waals surface area contributed by atoms with Crippen LogP contribution in [0.3, 0.4) is 0 Å². The summed E-state index contributed by atoms with van der Waals surface area (Å²) >= 11 is 6.03. The summed E-state index contributed by atoms with van der Waals surface area (Å²) in [5.41, 5.74) is -0.166. The van der Waals surface area contributed by atoms with Crippen LogP contribution in [0.4, 0.5) is 19.0 Å². The smallest absolute Gasteiger partial charge is 0.309 e. The Hall–Kier alpha value is -3.33. The van der Waals surface area contributed by atoms with Crippen LogP contribution < -0.4 is 10.6 Å². The Kier molecular flexibility index (Phi) is 6.59. The number of anilines is 1. The fourth-order valence-corrected chi connectivity index (χ4v) is 2.94. The number of guanidine groups is 1. The number of benzene rings is 2. The fourth-order valence-electron chi connectivity index (χ4n) is 2.75. The number of carbonyl (C=O) groups excluding carboxylic acids is 1. The minimum atomic E-state index is -4.55. The van der Waals surface area contributed by atoms with Gasteiger partial charge < -0.3 is 5.32 Å². The Morgan fingerprint density at radius 3 is 2.44 bits per heavy atom. The van der Waals surface area contributed by atoms with Crippen LogP contribution in [0.2, 0.25) is 5.02 Å². The molecule has 1 aromatic heterocycles. The topological polar surface area (TPSA) is 82.2 Å². The van der Waals surface area contributed by atoms with Crippen molar-refractivity contribution in [2.24, 2.45) is 4.99 Å². The molecule has 0 unspecified atom stereocenters. The van der Waals surface area contributed by atoms with Crippen LogP contribution in [0.1, 0.15) is 36.7 Å². The van der Waals surface area contributed by atoms with Crippen molar-refractivity contribution in [2.75, 3.05) is 5.32 Å². The minimum absolute atomic E-state index is 0.0454. The van der Waals surface area contributed by atoms with Gasteiger partial charge in [-0.05, 0) is 51.1 Å². The molecule has 0 atom stereocenters. The average molecular weight is 464 g/mol. The Labute approximate surface area is 187 Å². The number of H-pyrrole nitrogens is 1. The summed E-state index contributed by atoms with van der Waals surface area (Å²) < 4.78 is 38.9. The zero-order chi connectivity index (χ0) is 23.5. The quantitative estimate of drug-likeness (QED) is 0.342. The molecule has 1 heterocycles. The number of halogens is 4. The Balaban J connectivity index is 1.83. The summed E-state index contributed by atoms with van der Waals surface area (Å²) in [5, 5.41) is 13.0. The van der Waals surface area contributed by atoms with Gasteiger partial charge in [0.1, 0.15) is 0 Å². The highest BCUT2D eigenvalue weighted by atomic mass is 35.5. The molecule has 168 valence electrons. The molecule has 3 rings (SSSR count). The maximum Gasteiger partial charge on any atom is 0.416 e. The first-order valence-electron chi connectivity index (χ1n) is 9.57. The van der Waals surface area contributed by atoms with E-state index in [-0.39, 0.29) is 11.5 Å². The second kappa shape index (κ2) is 9.04. The maximum atomic E-state index is 13.0. The Morgan fingerprint density at radius 2 is 1.78 bits per heavy atom. The van der Waals surface area contributed by atoms with Gasteiger partial charge in [0.2, 0.25) is 5.96 Å². The molecule has 1 amide bonds. The van der Waals surface area contributed by atoms with Gasteiger partial charge in [-0.15, -0.1) is 0 Å². The van der Waals surface area contributed by atoms with Gasteiger partial charge >= 0.3 is 6.18 Å².